The Kier molecular flexibility index (Phi) is 4.25. The van der Waals surface area contributed by atoms with Crippen molar-refractivity contribution in [1.82, 2.24) is 25.0 Å². The van der Waals surface area contributed by atoms with Crippen LogP contribution >= 0.6 is 0 Å². The van der Waals surface area contributed by atoms with Crippen molar-refractivity contribution >= 4 is 5.91 Å². The molecule has 25 heavy (non-hydrogen) atoms. The molecule has 0 saturated carbocycles. The molecule has 0 radical (unpaired) electrons. The first-order valence-electron chi connectivity index (χ1n) is 8.81. The Morgan fingerprint density at radius 1 is 1.20 bits per heavy atom. The minimum absolute atomic E-state index is 0.152. The molecular formula is C18H22FN5O. The summed E-state index contributed by atoms with van der Waals surface area (Å²) in [4.78, 5) is 14.5. The SMILES string of the molecule is CCNC(=O)c1nnc2n1C[C@H]1CN(Cc3ccc(F)cc3)C[C@H]1C2. The molecule has 1 N–H and O–H groups in total. The molecule has 1 aromatic heterocycles. The van der Waals surface area contributed by atoms with Crippen molar-refractivity contribution in [2.75, 3.05) is 19.6 Å². The number of hydrogen-bond donors (Lipinski definition) is 1. The molecule has 1 saturated heterocycles. The molecule has 1 aromatic carbocycles. The number of carbonyl (C=O) groups excluding carboxylic acids is 1. The number of fused-ring (bicyclic) bond motifs is 2. The van der Waals surface area contributed by atoms with Gasteiger partial charge in [0.05, 0.1) is 0 Å². The van der Waals surface area contributed by atoms with E-state index in [0.717, 1.165) is 44.0 Å². The summed E-state index contributed by atoms with van der Waals surface area (Å²) in [6.45, 7) is 6.08. The molecular weight excluding hydrogens is 321 g/mol. The molecule has 0 unspecified atom stereocenters. The molecule has 0 spiro atoms. The van der Waals surface area contributed by atoms with Gasteiger partial charge in [0.15, 0.2) is 0 Å². The number of benzene rings is 1. The van der Waals surface area contributed by atoms with Gasteiger partial charge in [-0.3, -0.25) is 9.69 Å². The lowest BCUT2D eigenvalue weighted by Crippen LogP contribution is -2.33. The summed E-state index contributed by atoms with van der Waals surface area (Å²) in [6.07, 6.45) is 0.858. The predicted molar refractivity (Wildman–Crippen MR) is 90.4 cm³/mol. The van der Waals surface area contributed by atoms with Crippen LogP contribution in [0.3, 0.4) is 0 Å². The molecule has 0 aliphatic carbocycles. The van der Waals surface area contributed by atoms with Crippen LogP contribution in [0.4, 0.5) is 4.39 Å². The van der Waals surface area contributed by atoms with E-state index in [-0.39, 0.29) is 11.7 Å². The van der Waals surface area contributed by atoms with Crippen LogP contribution in [0.2, 0.25) is 0 Å². The number of nitrogens with one attached hydrogen (secondary N) is 1. The Morgan fingerprint density at radius 2 is 1.96 bits per heavy atom. The first-order chi connectivity index (χ1) is 12.1. The third-order valence-corrected chi connectivity index (χ3v) is 5.20. The van der Waals surface area contributed by atoms with Gasteiger partial charge >= 0.3 is 0 Å². The van der Waals surface area contributed by atoms with E-state index < -0.39 is 0 Å². The van der Waals surface area contributed by atoms with Gasteiger partial charge in [0, 0.05) is 39.1 Å². The summed E-state index contributed by atoms with van der Waals surface area (Å²) in [7, 11) is 0. The van der Waals surface area contributed by atoms with Crippen molar-refractivity contribution < 1.29 is 9.18 Å². The molecule has 2 aliphatic heterocycles. The fraction of sp³-hybridized carbons (Fsp3) is 0.500. The Balaban J connectivity index is 1.45. The fourth-order valence-corrected chi connectivity index (χ4v) is 4.01. The molecule has 7 heteroatoms. The molecule has 132 valence electrons. The lowest BCUT2D eigenvalue weighted by atomic mass is 9.89. The number of halogens is 1. The Morgan fingerprint density at radius 3 is 2.72 bits per heavy atom. The van der Waals surface area contributed by atoms with E-state index in [2.05, 4.69) is 20.4 Å². The molecule has 3 heterocycles. The molecule has 2 aromatic rings. The standard InChI is InChI=1S/C18H22FN5O/c1-2-20-18(25)17-22-21-16-7-13-9-23(10-14(13)11-24(16)17)8-12-3-5-15(19)6-4-12/h3-6,13-14H,2,7-11H2,1H3,(H,20,25)/t13-,14-/m1/s1. The maximum absolute atomic E-state index is 13.1. The van der Waals surface area contributed by atoms with Crippen LogP contribution in [-0.2, 0) is 19.5 Å². The zero-order chi connectivity index (χ0) is 17.4. The average molecular weight is 343 g/mol. The first-order valence-corrected chi connectivity index (χ1v) is 8.81. The number of nitrogens with zero attached hydrogens (tertiary/aromatic N) is 4. The van der Waals surface area contributed by atoms with Gasteiger partial charge in [-0.05, 0) is 36.5 Å². The number of rotatable bonds is 4. The number of aromatic nitrogens is 3. The molecule has 1 fully saturated rings. The summed E-state index contributed by atoms with van der Waals surface area (Å²) in [5.41, 5.74) is 1.13. The van der Waals surface area contributed by atoms with E-state index in [0.29, 0.717) is 24.2 Å². The molecule has 1 amide bonds. The topological polar surface area (TPSA) is 63.1 Å². The summed E-state index contributed by atoms with van der Waals surface area (Å²) in [5.74, 6) is 2.02. The summed E-state index contributed by atoms with van der Waals surface area (Å²) in [5, 5.41) is 11.1. The second-order valence-corrected chi connectivity index (χ2v) is 6.95. The van der Waals surface area contributed by atoms with Crippen molar-refractivity contribution in [2.24, 2.45) is 11.8 Å². The van der Waals surface area contributed by atoms with Gasteiger partial charge in [0.1, 0.15) is 11.6 Å². The van der Waals surface area contributed by atoms with E-state index in [4.69, 9.17) is 0 Å². The van der Waals surface area contributed by atoms with Gasteiger partial charge < -0.3 is 9.88 Å². The summed E-state index contributed by atoms with van der Waals surface area (Å²) >= 11 is 0. The van der Waals surface area contributed by atoms with Gasteiger partial charge in [-0.25, -0.2) is 4.39 Å². The maximum atomic E-state index is 13.1. The van der Waals surface area contributed by atoms with Crippen molar-refractivity contribution in [1.29, 1.82) is 0 Å². The minimum atomic E-state index is -0.199. The van der Waals surface area contributed by atoms with Crippen molar-refractivity contribution in [3.8, 4) is 0 Å². The Bertz CT molecular complexity index is 772. The van der Waals surface area contributed by atoms with Crippen LogP contribution < -0.4 is 5.32 Å². The predicted octanol–water partition coefficient (Wildman–Crippen LogP) is 1.47. The van der Waals surface area contributed by atoms with Crippen LogP contribution in [0.15, 0.2) is 24.3 Å². The summed E-state index contributed by atoms with van der Waals surface area (Å²) < 4.78 is 15.0. The van der Waals surface area contributed by atoms with Gasteiger partial charge in [0.2, 0.25) is 5.82 Å². The lowest BCUT2D eigenvalue weighted by Gasteiger charge is -2.25. The smallest absolute Gasteiger partial charge is 0.289 e. The fourth-order valence-electron chi connectivity index (χ4n) is 4.01. The molecule has 0 bridgehead atoms. The number of amides is 1. The Labute approximate surface area is 146 Å². The minimum Gasteiger partial charge on any atom is -0.350 e. The normalized spacial score (nSPS) is 22.5. The Hall–Kier alpha value is -2.28. The van der Waals surface area contributed by atoms with E-state index in [9.17, 15) is 9.18 Å². The molecule has 2 aliphatic rings. The monoisotopic (exact) mass is 343 g/mol. The highest BCUT2D eigenvalue weighted by atomic mass is 19.1. The zero-order valence-electron chi connectivity index (χ0n) is 14.3. The van der Waals surface area contributed by atoms with Crippen molar-refractivity contribution in [3.05, 3.63) is 47.3 Å². The van der Waals surface area contributed by atoms with Gasteiger partial charge in [0.25, 0.3) is 5.91 Å². The maximum Gasteiger partial charge on any atom is 0.289 e. The van der Waals surface area contributed by atoms with Gasteiger partial charge in [-0.2, -0.15) is 0 Å². The highest BCUT2D eigenvalue weighted by Gasteiger charge is 2.38. The molecule has 4 rings (SSSR count). The summed E-state index contributed by atoms with van der Waals surface area (Å²) in [6, 6.07) is 6.72. The third kappa shape index (κ3) is 3.16. The number of carbonyl (C=O) groups is 1. The van der Waals surface area contributed by atoms with Crippen LogP contribution in [-0.4, -0.2) is 45.2 Å². The van der Waals surface area contributed by atoms with Crippen LogP contribution in [0.5, 0.6) is 0 Å². The molecule has 6 nitrogen and oxygen atoms in total. The first kappa shape index (κ1) is 16.2. The second kappa shape index (κ2) is 6.55. The van der Waals surface area contributed by atoms with Gasteiger partial charge in [-0.1, -0.05) is 12.1 Å². The quantitative estimate of drug-likeness (QED) is 0.913. The molecule has 2 atom stereocenters. The second-order valence-electron chi connectivity index (χ2n) is 6.95. The zero-order valence-corrected chi connectivity index (χ0v) is 14.3. The van der Waals surface area contributed by atoms with Gasteiger partial charge in [-0.15, -0.1) is 10.2 Å². The lowest BCUT2D eigenvalue weighted by molar-refractivity contribution is 0.0937. The van der Waals surface area contributed by atoms with E-state index in [1.807, 2.05) is 23.6 Å². The van der Waals surface area contributed by atoms with E-state index >= 15 is 0 Å². The van der Waals surface area contributed by atoms with Crippen LogP contribution in [0.25, 0.3) is 0 Å². The third-order valence-electron chi connectivity index (χ3n) is 5.20. The van der Waals surface area contributed by atoms with Crippen LogP contribution in [0, 0.1) is 17.7 Å². The number of likely N-dealkylation sites (tertiary alicyclic amines) is 1. The highest BCUT2D eigenvalue weighted by Crippen LogP contribution is 2.33. The largest absolute Gasteiger partial charge is 0.350 e. The van der Waals surface area contributed by atoms with Crippen molar-refractivity contribution in [3.63, 3.8) is 0 Å². The van der Waals surface area contributed by atoms with E-state index in [1.54, 1.807) is 0 Å². The average Bonchev–Trinajstić information content (AvgIpc) is 3.17. The van der Waals surface area contributed by atoms with Crippen LogP contribution in [0.1, 0.15) is 28.9 Å². The van der Waals surface area contributed by atoms with Crippen molar-refractivity contribution in [2.45, 2.75) is 26.4 Å². The number of hydrogen-bond acceptors (Lipinski definition) is 4. The van der Waals surface area contributed by atoms with E-state index in [1.165, 1.54) is 12.1 Å². The highest BCUT2D eigenvalue weighted by molar-refractivity contribution is 5.90.